The standard InChI is InChI=1S/C15H20N2OS/c1-15(2,3)16-10-11-9-13(17-19-11)12-7-5-6-8-14(12)18-4/h5-9,16H,10H2,1-4H3. The normalized spacial score (nSPS) is 11.6. The minimum Gasteiger partial charge on any atom is -0.496 e. The quantitative estimate of drug-likeness (QED) is 0.924. The Morgan fingerprint density at radius 2 is 2.00 bits per heavy atom. The van der Waals surface area contributed by atoms with E-state index < -0.39 is 0 Å². The van der Waals surface area contributed by atoms with Gasteiger partial charge in [-0.15, -0.1) is 0 Å². The molecule has 102 valence electrons. The second kappa shape index (κ2) is 5.72. The highest BCUT2D eigenvalue weighted by molar-refractivity contribution is 7.06. The monoisotopic (exact) mass is 276 g/mol. The molecule has 0 saturated heterocycles. The second-order valence-corrected chi connectivity index (χ2v) is 6.37. The van der Waals surface area contributed by atoms with Crippen LogP contribution in [0.25, 0.3) is 11.3 Å². The molecule has 2 rings (SSSR count). The van der Waals surface area contributed by atoms with E-state index in [0.29, 0.717) is 0 Å². The highest BCUT2D eigenvalue weighted by atomic mass is 32.1. The molecule has 0 unspecified atom stereocenters. The lowest BCUT2D eigenvalue weighted by Crippen LogP contribution is -2.34. The molecule has 0 spiro atoms. The third-order valence-corrected chi connectivity index (χ3v) is 3.52. The van der Waals surface area contributed by atoms with E-state index in [9.17, 15) is 0 Å². The van der Waals surface area contributed by atoms with E-state index in [1.165, 1.54) is 16.4 Å². The lowest BCUT2D eigenvalue weighted by Gasteiger charge is -2.19. The Morgan fingerprint density at radius 1 is 1.26 bits per heavy atom. The number of para-hydroxylation sites is 1. The molecule has 4 heteroatoms. The number of methoxy groups -OCH3 is 1. The van der Waals surface area contributed by atoms with E-state index in [2.05, 4.69) is 36.5 Å². The molecular formula is C15H20N2OS. The third-order valence-electron chi connectivity index (χ3n) is 2.73. The first kappa shape index (κ1) is 14.0. The van der Waals surface area contributed by atoms with Crippen LogP contribution in [-0.2, 0) is 6.54 Å². The lowest BCUT2D eigenvalue weighted by atomic mass is 10.1. The van der Waals surface area contributed by atoms with Gasteiger partial charge in [-0.3, -0.25) is 0 Å². The first-order valence-corrected chi connectivity index (χ1v) is 7.11. The van der Waals surface area contributed by atoms with E-state index in [1.54, 1.807) is 7.11 Å². The molecule has 0 bridgehead atoms. The van der Waals surface area contributed by atoms with E-state index in [-0.39, 0.29) is 5.54 Å². The maximum Gasteiger partial charge on any atom is 0.128 e. The Balaban J connectivity index is 2.17. The predicted octanol–water partition coefficient (Wildman–Crippen LogP) is 3.71. The van der Waals surface area contributed by atoms with Crippen LogP contribution < -0.4 is 10.1 Å². The molecule has 1 N–H and O–H groups in total. The molecule has 1 heterocycles. The number of nitrogens with zero attached hydrogens (tertiary/aromatic N) is 1. The average Bonchev–Trinajstić information content (AvgIpc) is 2.84. The summed E-state index contributed by atoms with van der Waals surface area (Å²) in [4.78, 5) is 1.23. The van der Waals surface area contributed by atoms with Gasteiger partial charge in [0.25, 0.3) is 0 Å². The summed E-state index contributed by atoms with van der Waals surface area (Å²) in [6.45, 7) is 7.33. The number of aromatic nitrogens is 1. The van der Waals surface area contributed by atoms with Crippen molar-refractivity contribution in [3.8, 4) is 17.0 Å². The van der Waals surface area contributed by atoms with Crippen molar-refractivity contribution in [3.05, 3.63) is 35.2 Å². The van der Waals surface area contributed by atoms with Crippen molar-refractivity contribution < 1.29 is 4.74 Å². The summed E-state index contributed by atoms with van der Waals surface area (Å²) in [6.07, 6.45) is 0. The van der Waals surface area contributed by atoms with Gasteiger partial charge in [0.15, 0.2) is 0 Å². The summed E-state index contributed by atoms with van der Waals surface area (Å²) in [5.41, 5.74) is 2.14. The number of hydrogen-bond donors (Lipinski definition) is 1. The number of nitrogens with one attached hydrogen (secondary N) is 1. The molecule has 1 aromatic carbocycles. The Morgan fingerprint density at radius 3 is 2.68 bits per heavy atom. The Kier molecular flexibility index (Phi) is 4.22. The Bertz CT molecular complexity index is 543. The van der Waals surface area contributed by atoms with Gasteiger partial charge >= 0.3 is 0 Å². The molecule has 0 aliphatic rings. The van der Waals surface area contributed by atoms with Crippen molar-refractivity contribution in [1.82, 2.24) is 9.69 Å². The summed E-state index contributed by atoms with van der Waals surface area (Å²) >= 11 is 1.54. The maximum absolute atomic E-state index is 5.37. The molecular weight excluding hydrogens is 256 g/mol. The highest BCUT2D eigenvalue weighted by Gasteiger charge is 2.12. The number of hydrogen-bond acceptors (Lipinski definition) is 4. The van der Waals surface area contributed by atoms with Crippen LogP contribution in [0.4, 0.5) is 0 Å². The van der Waals surface area contributed by atoms with Crippen LogP contribution in [0.5, 0.6) is 5.75 Å². The van der Waals surface area contributed by atoms with Crippen LogP contribution in [0.2, 0.25) is 0 Å². The van der Waals surface area contributed by atoms with Gasteiger partial charge in [-0.25, -0.2) is 0 Å². The zero-order chi connectivity index (χ0) is 13.9. The molecule has 0 aliphatic carbocycles. The summed E-state index contributed by atoms with van der Waals surface area (Å²) in [7, 11) is 1.69. The molecule has 0 saturated carbocycles. The Hall–Kier alpha value is -1.39. The van der Waals surface area contributed by atoms with Gasteiger partial charge in [-0.2, -0.15) is 4.37 Å². The van der Waals surface area contributed by atoms with Gasteiger partial charge in [0.05, 0.1) is 12.8 Å². The zero-order valence-corrected chi connectivity index (χ0v) is 12.7. The van der Waals surface area contributed by atoms with Crippen molar-refractivity contribution in [2.75, 3.05) is 7.11 Å². The molecule has 3 nitrogen and oxygen atoms in total. The van der Waals surface area contributed by atoms with Gasteiger partial charge in [0, 0.05) is 22.5 Å². The molecule has 1 aromatic heterocycles. The topological polar surface area (TPSA) is 34.1 Å². The third kappa shape index (κ3) is 3.78. The number of ether oxygens (including phenoxy) is 1. The first-order valence-electron chi connectivity index (χ1n) is 6.33. The minimum atomic E-state index is 0.120. The van der Waals surface area contributed by atoms with Crippen LogP contribution in [0.3, 0.4) is 0 Å². The van der Waals surface area contributed by atoms with Gasteiger partial charge in [-0.1, -0.05) is 12.1 Å². The van der Waals surface area contributed by atoms with Crippen molar-refractivity contribution in [2.24, 2.45) is 0 Å². The minimum absolute atomic E-state index is 0.120. The maximum atomic E-state index is 5.37. The van der Waals surface area contributed by atoms with Crippen LogP contribution in [0, 0.1) is 0 Å². The summed E-state index contributed by atoms with van der Waals surface area (Å²) in [6, 6.07) is 10.1. The molecule has 0 amide bonds. The largest absolute Gasteiger partial charge is 0.496 e. The fourth-order valence-corrected chi connectivity index (χ4v) is 2.40. The van der Waals surface area contributed by atoms with E-state index >= 15 is 0 Å². The van der Waals surface area contributed by atoms with Crippen molar-refractivity contribution >= 4 is 11.5 Å². The van der Waals surface area contributed by atoms with Crippen LogP contribution in [0.15, 0.2) is 30.3 Å². The van der Waals surface area contributed by atoms with Gasteiger partial charge in [0.1, 0.15) is 5.75 Å². The highest BCUT2D eigenvalue weighted by Crippen LogP contribution is 2.30. The molecule has 2 aromatic rings. The Labute approximate surface area is 118 Å². The van der Waals surface area contributed by atoms with Crippen LogP contribution in [0.1, 0.15) is 25.6 Å². The number of rotatable bonds is 4. The molecule has 0 atom stereocenters. The lowest BCUT2D eigenvalue weighted by molar-refractivity contribution is 0.416. The summed E-state index contributed by atoms with van der Waals surface area (Å²) < 4.78 is 9.89. The molecule has 19 heavy (non-hydrogen) atoms. The van der Waals surface area contributed by atoms with Crippen molar-refractivity contribution in [2.45, 2.75) is 32.9 Å². The van der Waals surface area contributed by atoms with E-state index in [4.69, 9.17) is 4.74 Å². The van der Waals surface area contributed by atoms with Crippen molar-refractivity contribution in [1.29, 1.82) is 0 Å². The van der Waals surface area contributed by atoms with E-state index in [0.717, 1.165) is 23.6 Å². The zero-order valence-electron chi connectivity index (χ0n) is 11.9. The second-order valence-electron chi connectivity index (χ2n) is 5.48. The predicted molar refractivity (Wildman–Crippen MR) is 80.7 cm³/mol. The molecule has 0 fully saturated rings. The average molecular weight is 276 g/mol. The van der Waals surface area contributed by atoms with E-state index in [1.807, 2.05) is 24.3 Å². The van der Waals surface area contributed by atoms with Gasteiger partial charge < -0.3 is 10.1 Å². The fraction of sp³-hybridized carbons (Fsp3) is 0.400. The SMILES string of the molecule is COc1ccccc1-c1cc(CNC(C)(C)C)sn1. The summed E-state index contributed by atoms with van der Waals surface area (Å²) in [5.74, 6) is 0.864. The van der Waals surface area contributed by atoms with Gasteiger partial charge in [-0.05, 0) is 50.5 Å². The van der Waals surface area contributed by atoms with Crippen LogP contribution in [-0.4, -0.2) is 17.0 Å². The van der Waals surface area contributed by atoms with Crippen LogP contribution >= 0.6 is 11.5 Å². The fourth-order valence-electron chi connectivity index (χ4n) is 1.73. The number of benzene rings is 1. The smallest absolute Gasteiger partial charge is 0.128 e. The first-order chi connectivity index (χ1) is 8.99. The molecule has 0 radical (unpaired) electrons. The molecule has 0 aliphatic heterocycles. The van der Waals surface area contributed by atoms with Crippen molar-refractivity contribution in [3.63, 3.8) is 0 Å². The van der Waals surface area contributed by atoms with Gasteiger partial charge in [0.2, 0.25) is 0 Å². The summed E-state index contributed by atoms with van der Waals surface area (Å²) in [5, 5.41) is 3.47.